The summed E-state index contributed by atoms with van der Waals surface area (Å²) in [5.41, 5.74) is 1.60. The van der Waals surface area contributed by atoms with Crippen LogP contribution in [0.5, 0.6) is 0 Å². The summed E-state index contributed by atoms with van der Waals surface area (Å²) in [4.78, 5) is 24.0. The fourth-order valence-corrected chi connectivity index (χ4v) is 1.96. The van der Waals surface area contributed by atoms with Gasteiger partial charge in [-0.2, -0.15) is 0 Å². The third-order valence-corrected chi connectivity index (χ3v) is 2.96. The summed E-state index contributed by atoms with van der Waals surface area (Å²) in [7, 11) is 0. The van der Waals surface area contributed by atoms with Crippen molar-refractivity contribution in [3.63, 3.8) is 0 Å². The van der Waals surface area contributed by atoms with E-state index in [1.807, 2.05) is 0 Å². The molecule has 16 heavy (non-hydrogen) atoms. The lowest BCUT2D eigenvalue weighted by Crippen LogP contribution is -2.19. The Kier molecular flexibility index (Phi) is 2.77. The molecule has 2 rings (SSSR count). The van der Waals surface area contributed by atoms with Crippen molar-refractivity contribution in [1.82, 2.24) is 0 Å². The summed E-state index contributed by atoms with van der Waals surface area (Å²) < 4.78 is 5.09. The number of carbonyl (C=O) groups is 2. The number of ketones is 2. The van der Waals surface area contributed by atoms with Crippen LogP contribution >= 0.6 is 0 Å². The molecule has 1 aromatic rings. The quantitative estimate of drug-likeness (QED) is 0.782. The van der Waals surface area contributed by atoms with E-state index >= 15 is 0 Å². The Morgan fingerprint density at radius 3 is 2.69 bits per heavy atom. The number of rotatable bonds is 3. The predicted molar refractivity (Wildman–Crippen MR) is 59.6 cm³/mol. The third-order valence-electron chi connectivity index (χ3n) is 2.96. The van der Waals surface area contributed by atoms with Gasteiger partial charge in [-0.3, -0.25) is 9.59 Å². The predicted octanol–water partition coefficient (Wildman–Crippen LogP) is 3.17. The average Bonchev–Trinajstić information content (AvgIpc) is 2.75. The largest absolute Gasteiger partial charge is 0.460 e. The van der Waals surface area contributed by atoms with Gasteiger partial charge in [0, 0.05) is 11.1 Å². The van der Waals surface area contributed by atoms with E-state index in [2.05, 4.69) is 6.92 Å². The summed E-state index contributed by atoms with van der Waals surface area (Å²) in [6.07, 6.45) is 3.98. The van der Waals surface area contributed by atoms with Crippen LogP contribution in [0.2, 0.25) is 0 Å². The molecule has 0 saturated carbocycles. The summed E-state index contributed by atoms with van der Waals surface area (Å²) in [5.74, 6) is 0.0155. The van der Waals surface area contributed by atoms with Gasteiger partial charge in [-0.05, 0) is 25.8 Å². The van der Waals surface area contributed by atoms with E-state index in [1.165, 1.54) is 6.26 Å². The zero-order valence-electron chi connectivity index (χ0n) is 9.50. The van der Waals surface area contributed by atoms with E-state index in [-0.39, 0.29) is 17.3 Å². The summed E-state index contributed by atoms with van der Waals surface area (Å²) in [6.45, 7) is 3.78. The van der Waals surface area contributed by atoms with Gasteiger partial charge in [0.1, 0.15) is 0 Å². The molecule has 84 valence electrons. The Balaban J connectivity index is 2.42. The molecule has 1 aliphatic carbocycles. The van der Waals surface area contributed by atoms with E-state index in [9.17, 15) is 9.59 Å². The molecule has 0 N–H and O–H groups in total. The molecule has 0 radical (unpaired) electrons. The third kappa shape index (κ3) is 1.52. The average molecular weight is 218 g/mol. The number of hydrogen-bond acceptors (Lipinski definition) is 3. The van der Waals surface area contributed by atoms with Crippen molar-refractivity contribution in [2.45, 2.75) is 33.1 Å². The van der Waals surface area contributed by atoms with Crippen molar-refractivity contribution in [1.29, 1.82) is 0 Å². The van der Waals surface area contributed by atoms with Crippen LogP contribution in [-0.4, -0.2) is 11.6 Å². The molecule has 0 amide bonds. The van der Waals surface area contributed by atoms with Gasteiger partial charge in [-0.1, -0.05) is 13.3 Å². The molecule has 0 spiro atoms. The van der Waals surface area contributed by atoms with Crippen LogP contribution in [0.15, 0.2) is 27.9 Å². The molecule has 0 bridgehead atoms. The number of allylic oxidation sites excluding steroid dienone is 2. The normalized spacial score (nSPS) is 15.6. The maximum Gasteiger partial charge on any atom is 0.225 e. The maximum atomic E-state index is 12.0. The molecule has 1 aromatic heterocycles. The Morgan fingerprint density at radius 1 is 1.25 bits per heavy atom. The number of hydrogen-bond donors (Lipinski definition) is 0. The lowest BCUT2D eigenvalue weighted by Gasteiger charge is -2.14. The molecular weight excluding hydrogens is 204 g/mol. The Labute approximate surface area is 94.1 Å². The first-order valence-electron chi connectivity index (χ1n) is 5.53. The fourth-order valence-electron chi connectivity index (χ4n) is 1.96. The van der Waals surface area contributed by atoms with Crippen LogP contribution in [0.3, 0.4) is 0 Å². The van der Waals surface area contributed by atoms with Gasteiger partial charge >= 0.3 is 0 Å². The van der Waals surface area contributed by atoms with Gasteiger partial charge in [0.2, 0.25) is 5.78 Å². The van der Waals surface area contributed by atoms with Crippen LogP contribution in [0.1, 0.15) is 54.0 Å². The summed E-state index contributed by atoms with van der Waals surface area (Å²) in [5, 5.41) is 0. The lowest BCUT2D eigenvalue weighted by molar-refractivity contribution is 0.0952. The van der Waals surface area contributed by atoms with E-state index in [0.717, 1.165) is 12.8 Å². The molecule has 0 atom stereocenters. The first-order chi connectivity index (χ1) is 7.66. The lowest BCUT2D eigenvalue weighted by atomic mass is 9.87. The molecule has 1 aliphatic rings. The van der Waals surface area contributed by atoms with Crippen LogP contribution < -0.4 is 0 Å². The number of unbranched alkanes of at least 4 members (excludes halogenated alkanes) is 1. The second-order valence-electron chi connectivity index (χ2n) is 4.03. The molecule has 0 unspecified atom stereocenters. The Bertz CT molecular complexity index is 477. The highest BCUT2D eigenvalue weighted by Gasteiger charge is 2.31. The molecule has 3 nitrogen and oxygen atoms in total. The zero-order chi connectivity index (χ0) is 11.7. The second kappa shape index (κ2) is 4.08. The minimum absolute atomic E-state index is 0.0746. The molecule has 0 aromatic carbocycles. The molecule has 1 heterocycles. The van der Waals surface area contributed by atoms with Gasteiger partial charge in [0.25, 0.3) is 0 Å². The second-order valence-corrected chi connectivity index (χ2v) is 4.03. The number of fused-ring (bicyclic) bond motifs is 1. The van der Waals surface area contributed by atoms with Crippen molar-refractivity contribution in [3.8, 4) is 0 Å². The number of furan rings is 1. The Morgan fingerprint density at radius 2 is 2.00 bits per heavy atom. The van der Waals surface area contributed by atoms with Crippen molar-refractivity contribution in [2.75, 3.05) is 0 Å². The summed E-state index contributed by atoms with van der Waals surface area (Å²) in [6, 6.07) is 1.57. The number of Topliss-reactive ketones (excluding diaryl/α,β-unsaturated/α-hetero) is 2. The van der Waals surface area contributed by atoms with E-state index in [1.54, 1.807) is 13.0 Å². The zero-order valence-corrected chi connectivity index (χ0v) is 9.50. The Hall–Kier alpha value is -1.64. The summed E-state index contributed by atoms with van der Waals surface area (Å²) >= 11 is 0. The first-order valence-corrected chi connectivity index (χ1v) is 5.53. The van der Waals surface area contributed by atoms with Gasteiger partial charge in [0.05, 0.1) is 11.8 Å². The smallest absolute Gasteiger partial charge is 0.225 e. The molecule has 3 heteroatoms. The minimum atomic E-state index is -0.120. The van der Waals surface area contributed by atoms with Crippen LogP contribution in [0, 0.1) is 0 Å². The van der Waals surface area contributed by atoms with Crippen LogP contribution in [-0.2, 0) is 0 Å². The number of carbonyl (C=O) groups excluding carboxylic acids is 2. The van der Waals surface area contributed by atoms with E-state index < -0.39 is 0 Å². The van der Waals surface area contributed by atoms with E-state index in [0.29, 0.717) is 23.1 Å². The highest BCUT2D eigenvalue weighted by atomic mass is 16.3. The van der Waals surface area contributed by atoms with Gasteiger partial charge in [-0.15, -0.1) is 0 Å². The standard InChI is InChI=1S/C13H14O3/c1-3-4-5-9-8(2)11(14)10-6-7-16-13(10)12(9)15/h6-7H,3-5H2,1-2H3. The molecule has 0 fully saturated rings. The van der Waals surface area contributed by atoms with Crippen molar-refractivity contribution in [2.24, 2.45) is 0 Å². The maximum absolute atomic E-state index is 12.0. The minimum Gasteiger partial charge on any atom is -0.460 e. The van der Waals surface area contributed by atoms with Crippen molar-refractivity contribution >= 4 is 11.6 Å². The van der Waals surface area contributed by atoms with Crippen LogP contribution in [0.25, 0.3) is 0 Å². The topological polar surface area (TPSA) is 47.3 Å². The van der Waals surface area contributed by atoms with Gasteiger partial charge in [0.15, 0.2) is 11.5 Å². The first kappa shape index (κ1) is 10.9. The van der Waals surface area contributed by atoms with Crippen molar-refractivity contribution in [3.05, 3.63) is 34.8 Å². The highest BCUT2D eigenvalue weighted by Crippen LogP contribution is 2.29. The monoisotopic (exact) mass is 218 g/mol. The van der Waals surface area contributed by atoms with Gasteiger partial charge in [-0.25, -0.2) is 0 Å². The van der Waals surface area contributed by atoms with E-state index in [4.69, 9.17) is 4.42 Å². The molecule has 0 aliphatic heterocycles. The van der Waals surface area contributed by atoms with Gasteiger partial charge < -0.3 is 4.42 Å². The molecular formula is C13H14O3. The molecule has 0 saturated heterocycles. The highest BCUT2D eigenvalue weighted by molar-refractivity contribution is 6.25. The fraction of sp³-hybridized carbons (Fsp3) is 0.385. The van der Waals surface area contributed by atoms with Crippen molar-refractivity contribution < 1.29 is 14.0 Å². The SMILES string of the molecule is CCCCC1=C(C)C(=O)c2ccoc2C1=O. The van der Waals surface area contributed by atoms with Crippen LogP contribution in [0.4, 0.5) is 0 Å².